The van der Waals surface area contributed by atoms with Crippen LogP contribution in [0.2, 0.25) is 5.02 Å². The van der Waals surface area contributed by atoms with Crippen molar-refractivity contribution in [2.45, 2.75) is 32.2 Å². The van der Waals surface area contributed by atoms with E-state index >= 15 is 0 Å². The van der Waals surface area contributed by atoms with E-state index in [2.05, 4.69) is 17.0 Å². The molecule has 1 atom stereocenters. The zero-order valence-corrected chi connectivity index (χ0v) is 10.5. The van der Waals surface area contributed by atoms with E-state index in [1.807, 2.05) is 28.9 Å². The van der Waals surface area contributed by atoms with E-state index in [-0.39, 0.29) is 0 Å². The number of hydrogen-bond acceptors (Lipinski definition) is 2. The number of halogens is 1. The van der Waals surface area contributed by atoms with Gasteiger partial charge in [-0.2, -0.15) is 5.10 Å². The Morgan fingerprint density at radius 2 is 2.06 bits per heavy atom. The third-order valence-corrected chi connectivity index (χ3v) is 3.50. The molecule has 0 bridgehead atoms. The number of aryl methyl sites for hydroxylation is 1. The first-order valence-electron chi connectivity index (χ1n) is 5.95. The van der Waals surface area contributed by atoms with Gasteiger partial charge in [-0.15, -0.1) is 0 Å². The second kappa shape index (κ2) is 4.15. The highest BCUT2D eigenvalue weighted by atomic mass is 35.5. The van der Waals surface area contributed by atoms with Gasteiger partial charge >= 0.3 is 0 Å². The van der Waals surface area contributed by atoms with Crippen molar-refractivity contribution in [2.75, 3.05) is 0 Å². The summed E-state index contributed by atoms with van der Waals surface area (Å²) in [6, 6.07) is 7.68. The molecule has 0 saturated carbocycles. The largest absolute Gasteiger partial charge is 0.249 e. The van der Waals surface area contributed by atoms with E-state index in [1.165, 1.54) is 12.8 Å². The minimum Gasteiger partial charge on any atom is -0.249 e. The molecular formula is C13H14ClN3. The van der Waals surface area contributed by atoms with Gasteiger partial charge in [0.2, 0.25) is 0 Å². The van der Waals surface area contributed by atoms with Crippen LogP contribution < -0.4 is 0 Å². The molecule has 2 aromatic rings. The number of aromatic nitrogens is 3. The second-order valence-corrected chi connectivity index (χ2v) is 5.00. The van der Waals surface area contributed by atoms with Crippen molar-refractivity contribution in [3.05, 3.63) is 35.1 Å². The Bertz CT molecular complexity index is 530. The maximum atomic E-state index is 5.88. The first-order chi connectivity index (χ1) is 8.24. The first-order valence-corrected chi connectivity index (χ1v) is 6.32. The molecular weight excluding hydrogens is 234 g/mol. The minimum atomic E-state index is 0.511. The lowest BCUT2D eigenvalue weighted by atomic mass is 10.0. The van der Waals surface area contributed by atoms with E-state index in [1.54, 1.807) is 0 Å². The molecule has 3 rings (SSSR count). The van der Waals surface area contributed by atoms with Gasteiger partial charge in [0, 0.05) is 23.0 Å². The fourth-order valence-electron chi connectivity index (χ4n) is 2.28. The molecule has 1 aliphatic rings. The van der Waals surface area contributed by atoms with Crippen LogP contribution in [0.1, 0.15) is 31.5 Å². The molecule has 0 spiro atoms. The zero-order valence-electron chi connectivity index (χ0n) is 9.73. The Labute approximate surface area is 105 Å². The van der Waals surface area contributed by atoms with Crippen molar-refractivity contribution in [1.82, 2.24) is 14.8 Å². The lowest BCUT2D eigenvalue weighted by Gasteiger charge is -2.17. The second-order valence-electron chi connectivity index (χ2n) is 4.57. The molecule has 1 aromatic heterocycles. The lowest BCUT2D eigenvalue weighted by Crippen LogP contribution is -2.14. The number of nitrogens with zero attached hydrogens (tertiary/aromatic N) is 3. The van der Waals surface area contributed by atoms with Gasteiger partial charge in [0.05, 0.1) is 0 Å². The highest BCUT2D eigenvalue weighted by molar-refractivity contribution is 6.30. The Morgan fingerprint density at radius 3 is 2.76 bits per heavy atom. The van der Waals surface area contributed by atoms with Crippen molar-refractivity contribution in [1.29, 1.82) is 0 Å². The molecule has 0 aliphatic carbocycles. The Kier molecular flexibility index (Phi) is 2.63. The molecule has 0 radical (unpaired) electrons. The van der Waals surface area contributed by atoms with Crippen LogP contribution in [0.5, 0.6) is 0 Å². The smallest absolute Gasteiger partial charge is 0.181 e. The summed E-state index contributed by atoms with van der Waals surface area (Å²) in [6.07, 6.45) is 2.40. The average Bonchev–Trinajstić information content (AvgIpc) is 2.75. The summed E-state index contributed by atoms with van der Waals surface area (Å²) in [5.74, 6) is 2.43. The van der Waals surface area contributed by atoms with E-state index < -0.39 is 0 Å². The van der Waals surface area contributed by atoms with Crippen molar-refractivity contribution in [3.63, 3.8) is 0 Å². The monoisotopic (exact) mass is 247 g/mol. The van der Waals surface area contributed by atoms with Crippen LogP contribution in [0.15, 0.2) is 24.3 Å². The van der Waals surface area contributed by atoms with Crippen LogP contribution in [-0.4, -0.2) is 14.8 Å². The zero-order chi connectivity index (χ0) is 11.8. The summed E-state index contributed by atoms with van der Waals surface area (Å²) < 4.78 is 2.04. The number of hydrogen-bond donors (Lipinski definition) is 0. The molecule has 2 heterocycles. The predicted octanol–water partition coefficient (Wildman–Crippen LogP) is 3.50. The van der Waals surface area contributed by atoms with E-state index in [0.29, 0.717) is 5.92 Å². The van der Waals surface area contributed by atoms with Crippen molar-refractivity contribution >= 4 is 11.6 Å². The van der Waals surface area contributed by atoms with E-state index in [9.17, 15) is 0 Å². The Hall–Kier alpha value is -1.35. The third kappa shape index (κ3) is 1.95. The highest BCUT2D eigenvalue weighted by Gasteiger charge is 2.20. The summed E-state index contributed by atoms with van der Waals surface area (Å²) in [4.78, 5) is 4.64. The fourth-order valence-corrected chi connectivity index (χ4v) is 2.41. The molecule has 1 aliphatic heterocycles. The molecule has 17 heavy (non-hydrogen) atoms. The molecule has 0 saturated heterocycles. The van der Waals surface area contributed by atoms with Crippen LogP contribution in [0.3, 0.4) is 0 Å². The highest BCUT2D eigenvalue weighted by Crippen LogP contribution is 2.27. The van der Waals surface area contributed by atoms with Gasteiger partial charge in [-0.3, -0.25) is 0 Å². The molecule has 1 aromatic carbocycles. The molecule has 88 valence electrons. The topological polar surface area (TPSA) is 30.7 Å². The van der Waals surface area contributed by atoms with Crippen molar-refractivity contribution < 1.29 is 0 Å². The van der Waals surface area contributed by atoms with Gasteiger partial charge in [0.25, 0.3) is 0 Å². The minimum absolute atomic E-state index is 0.511. The summed E-state index contributed by atoms with van der Waals surface area (Å²) >= 11 is 5.88. The van der Waals surface area contributed by atoms with Gasteiger partial charge in [0.15, 0.2) is 5.82 Å². The Balaban J connectivity index is 2.02. The average molecular weight is 248 g/mol. The van der Waals surface area contributed by atoms with Crippen LogP contribution in [-0.2, 0) is 6.54 Å². The summed E-state index contributed by atoms with van der Waals surface area (Å²) in [6.45, 7) is 3.20. The van der Waals surface area contributed by atoms with Gasteiger partial charge in [-0.25, -0.2) is 9.67 Å². The van der Waals surface area contributed by atoms with Crippen molar-refractivity contribution in [2.24, 2.45) is 0 Å². The van der Waals surface area contributed by atoms with Crippen LogP contribution >= 0.6 is 11.6 Å². The number of rotatable bonds is 1. The van der Waals surface area contributed by atoms with E-state index in [4.69, 9.17) is 11.6 Å². The summed E-state index contributed by atoms with van der Waals surface area (Å²) in [5.41, 5.74) is 1.03. The molecule has 3 nitrogen and oxygen atoms in total. The van der Waals surface area contributed by atoms with Crippen LogP contribution in [0.4, 0.5) is 0 Å². The van der Waals surface area contributed by atoms with Crippen LogP contribution in [0, 0.1) is 0 Å². The molecule has 1 unspecified atom stereocenters. The molecule has 4 heteroatoms. The predicted molar refractivity (Wildman–Crippen MR) is 68.1 cm³/mol. The van der Waals surface area contributed by atoms with E-state index in [0.717, 1.165) is 28.8 Å². The van der Waals surface area contributed by atoms with Gasteiger partial charge in [-0.05, 0) is 37.1 Å². The van der Waals surface area contributed by atoms with Gasteiger partial charge in [0.1, 0.15) is 5.82 Å². The molecule has 0 amide bonds. The van der Waals surface area contributed by atoms with Gasteiger partial charge in [-0.1, -0.05) is 18.5 Å². The summed E-state index contributed by atoms with van der Waals surface area (Å²) in [7, 11) is 0. The van der Waals surface area contributed by atoms with Gasteiger partial charge < -0.3 is 0 Å². The van der Waals surface area contributed by atoms with Crippen molar-refractivity contribution in [3.8, 4) is 11.4 Å². The third-order valence-electron chi connectivity index (χ3n) is 3.25. The van der Waals surface area contributed by atoms with Crippen LogP contribution in [0.25, 0.3) is 11.4 Å². The molecule has 0 N–H and O–H groups in total. The lowest BCUT2D eigenvalue weighted by molar-refractivity contribution is 0.432. The normalized spacial score (nSPS) is 19.1. The SMILES string of the molecule is CC1CCCn2nc(-c3ccc(Cl)cc3)nc21. The summed E-state index contributed by atoms with van der Waals surface area (Å²) in [5, 5.41) is 5.31. The quantitative estimate of drug-likeness (QED) is 0.772. The first kappa shape index (κ1) is 10.8. The fraction of sp³-hybridized carbons (Fsp3) is 0.385. The maximum Gasteiger partial charge on any atom is 0.181 e. The number of fused-ring (bicyclic) bond motifs is 1. The maximum absolute atomic E-state index is 5.88. The Morgan fingerprint density at radius 1 is 1.29 bits per heavy atom. The number of benzene rings is 1. The molecule has 0 fully saturated rings. The standard InChI is InChI=1S/C13H14ClN3/c1-9-3-2-8-17-13(9)15-12(16-17)10-4-6-11(14)7-5-10/h4-7,9H,2-3,8H2,1H3.